The largest absolute Gasteiger partial charge is 0.493 e. The molecule has 1 saturated heterocycles. The predicted molar refractivity (Wildman–Crippen MR) is 109 cm³/mol. The van der Waals surface area contributed by atoms with Crippen LogP contribution in [0.3, 0.4) is 0 Å². The van der Waals surface area contributed by atoms with Crippen LogP contribution < -0.4 is 10.1 Å². The molecular weight excluding hydrogens is 354 g/mol. The highest BCUT2D eigenvalue weighted by molar-refractivity contribution is 5.93. The number of imidazole rings is 1. The summed E-state index contributed by atoms with van der Waals surface area (Å²) < 4.78 is 11.4. The fourth-order valence-corrected chi connectivity index (χ4v) is 3.49. The van der Waals surface area contributed by atoms with Crippen molar-refractivity contribution in [3.8, 4) is 5.75 Å². The average molecular weight is 379 g/mol. The Morgan fingerprint density at radius 2 is 2.18 bits per heavy atom. The van der Waals surface area contributed by atoms with Crippen LogP contribution in [0.15, 0.2) is 36.4 Å². The third-order valence-electron chi connectivity index (χ3n) is 4.94. The van der Waals surface area contributed by atoms with Crippen molar-refractivity contribution in [2.45, 2.75) is 39.2 Å². The Morgan fingerprint density at radius 3 is 2.96 bits per heavy atom. The molecule has 1 fully saturated rings. The quantitative estimate of drug-likeness (QED) is 0.664. The number of fused-ring (bicyclic) bond motifs is 1. The molecular formula is C22H25N3O3. The van der Waals surface area contributed by atoms with Crippen LogP contribution in [-0.2, 0) is 9.53 Å². The molecule has 6 nitrogen and oxygen atoms in total. The van der Waals surface area contributed by atoms with Crippen LogP contribution in [0.1, 0.15) is 42.3 Å². The molecule has 4 rings (SSSR count). The van der Waals surface area contributed by atoms with Gasteiger partial charge in [-0.05, 0) is 56.5 Å². The zero-order valence-corrected chi connectivity index (χ0v) is 16.2. The lowest BCUT2D eigenvalue weighted by Crippen LogP contribution is -2.15. The van der Waals surface area contributed by atoms with Gasteiger partial charge < -0.3 is 19.8 Å². The minimum Gasteiger partial charge on any atom is -0.493 e. The summed E-state index contributed by atoms with van der Waals surface area (Å²) in [7, 11) is 0. The number of anilines is 1. The maximum Gasteiger partial charge on any atom is 0.227 e. The first kappa shape index (κ1) is 18.5. The Kier molecular flexibility index (Phi) is 5.30. The summed E-state index contributed by atoms with van der Waals surface area (Å²) >= 11 is 0. The SMILES string of the molecule is Cc1ccc(OCCC(=O)Nc2ccc3nc(C4CCCO4)[nH]c3c2)c(C)c1. The summed E-state index contributed by atoms with van der Waals surface area (Å²) in [6.07, 6.45) is 2.39. The number of hydrogen-bond donors (Lipinski definition) is 2. The number of carbonyl (C=O) groups excluding carboxylic acids is 1. The number of carbonyl (C=O) groups is 1. The van der Waals surface area contributed by atoms with Crippen LogP contribution in [-0.4, -0.2) is 29.1 Å². The summed E-state index contributed by atoms with van der Waals surface area (Å²) in [5.74, 6) is 1.60. The first-order valence-corrected chi connectivity index (χ1v) is 9.70. The molecule has 1 amide bonds. The van der Waals surface area contributed by atoms with Crippen molar-refractivity contribution in [2.24, 2.45) is 0 Å². The standard InChI is InChI=1S/C22H25N3O3/c1-14-5-8-19(15(2)12-14)28-11-9-21(26)23-16-6-7-17-18(13-16)25-22(24-17)20-4-3-10-27-20/h5-8,12-13,20H,3-4,9-11H2,1-2H3,(H,23,26)(H,24,25). The van der Waals surface area contributed by atoms with Gasteiger partial charge in [0.15, 0.2) is 0 Å². The maximum absolute atomic E-state index is 12.3. The van der Waals surface area contributed by atoms with Crippen molar-refractivity contribution in [3.63, 3.8) is 0 Å². The first-order chi connectivity index (χ1) is 13.6. The second kappa shape index (κ2) is 8.02. The van der Waals surface area contributed by atoms with Gasteiger partial charge in [-0.1, -0.05) is 17.7 Å². The van der Waals surface area contributed by atoms with Crippen LogP contribution in [0.25, 0.3) is 11.0 Å². The number of nitrogens with zero attached hydrogens (tertiary/aromatic N) is 1. The fourth-order valence-electron chi connectivity index (χ4n) is 3.49. The van der Waals surface area contributed by atoms with Gasteiger partial charge in [0.25, 0.3) is 0 Å². The Balaban J connectivity index is 1.34. The number of H-pyrrole nitrogens is 1. The summed E-state index contributed by atoms with van der Waals surface area (Å²) in [5.41, 5.74) is 4.79. The molecule has 1 aromatic heterocycles. The molecule has 1 aliphatic heterocycles. The first-order valence-electron chi connectivity index (χ1n) is 9.70. The summed E-state index contributed by atoms with van der Waals surface area (Å²) in [6.45, 7) is 5.18. The van der Waals surface area contributed by atoms with E-state index in [9.17, 15) is 4.79 Å². The summed E-state index contributed by atoms with van der Waals surface area (Å²) in [6, 6.07) is 11.7. The Morgan fingerprint density at radius 1 is 1.29 bits per heavy atom. The fraction of sp³-hybridized carbons (Fsp3) is 0.364. The zero-order valence-electron chi connectivity index (χ0n) is 16.2. The van der Waals surface area contributed by atoms with Crippen molar-refractivity contribution >= 4 is 22.6 Å². The van der Waals surface area contributed by atoms with Gasteiger partial charge in [-0.15, -0.1) is 0 Å². The number of hydrogen-bond acceptors (Lipinski definition) is 4. The van der Waals surface area contributed by atoms with Crippen molar-refractivity contribution in [1.82, 2.24) is 9.97 Å². The average Bonchev–Trinajstić information content (AvgIpc) is 3.32. The molecule has 0 aliphatic carbocycles. The van der Waals surface area contributed by atoms with Gasteiger partial charge in [-0.3, -0.25) is 4.79 Å². The van der Waals surface area contributed by atoms with Crippen LogP contribution in [0.2, 0.25) is 0 Å². The number of ether oxygens (including phenoxy) is 2. The summed E-state index contributed by atoms with van der Waals surface area (Å²) in [4.78, 5) is 20.2. The van der Waals surface area contributed by atoms with Crippen molar-refractivity contribution in [3.05, 3.63) is 53.3 Å². The lowest BCUT2D eigenvalue weighted by atomic mass is 10.1. The molecule has 2 heterocycles. The topological polar surface area (TPSA) is 76.2 Å². The van der Waals surface area contributed by atoms with Gasteiger partial charge in [-0.25, -0.2) is 4.98 Å². The molecule has 0 radical (unpaired) electrons. The molecule has 2 aromatic carbocycles. The number of nitrogens with one attached hydrogen (secondary N) is 2. The van der Waals surface area contributed by atoms with Gasteiger partial charge in [0.05, 0.1) is 24.1 Å². The molecule has 0 saturated carbocycles. The predicted octanol–water partition coefficient (Wildman–Crippen LogP) is 4.44. The highest BCUT2D eigenvalue weighted by Gasteiger charge is 2.21. The minimum absolute atomic E-state index is 0.0489. The highest BCUT2D eigenvalue weighted by atomic mass is 16.5. The van der Waals surface area contributed by atoms with E-state index in [1.165, 1.54) is 5.56 Å². The highest BCUT2D eigenvalue weighted by Crippen LogP contribution is 2.28. The molecule has 1 atom stereocenters. The van der Waals surface area contributed by atoms with Crippen LogP contribution in [0.5, 0.6) is 5.75 Å². The van der Waals surface area contributed by atoms with E-state index in [4.69, 9.17) is 9.47 Å². The number of aromatic nitrogens is 2. The molecule has 2 N–H and O–H groups in total. The van der Waals surface area contributed by atoms with Crippen molar-refractivity contribution in [1.29, 1.82) is 0 Å². The smallest absolute Gasteiger partial charge is 0.227 e. The lowest BCUT2D eigenvalue weighted by molar-refractivity contribution is -0.116. The van der Waals surface area contributed by atoms with Crippen molar-refractivity contribution in [2.75, 3.05) is 18.5 Å². The Hall–Kier alpha value is -2.86. The second-order valence-electron chi connectivity index (χ2n) is 7.27. The molecule has 0 bridgehead atoms. The molecule has 3 aromatic rings. The lowest BCUT2D eigenvalue weighted by Gasteiger charge is -2.10. The molecule has 1 unspecified atom stereocenters. The monoisotopic (exact) mass is 379 g/mol. The number of rotatable bonds is 6. The minimum atomic E-state index is -0.0806. The normalized spacial score (nSPS) is 16.4. The van der Waals surface area contributed by atoms with Gasteiger partial charge in [0.1, 0.15) is 17.7 Å². The number of aryl methyl sites for hydroxylation is 2. The number of benzene rings is 2. The molecule has 28 heavy (non-hydrogen) atoms. The Labute approximate surface area is 164 Å². The van der Waals surface area contributed by atoms with Crippen LogP contribution in [0, 0.1) is 13.8 Å². The molecule has 6 heteroatoms. The summed E-state index contributed by atoms with van der Waals surface area (Å²) in [5, 5.41) is 2.92. The third kappa shape index (κ3) is 4.17. The van der Waals surface area contributed by atoms with E-state index in [-0.39, 0.29) is 18.4 Å². The van der Waals surface area contributed by atoms with E-state index in [2.05, 4.69) is 21.4 Å². The molecule has 1 aliphatic rings. The van der Waals surface area contributed by atoms with E-state index in [0.717, 1.165) is 53.3 Å². The van der Waals surface area contributed by atoms with Crippen LogP contribution >= 0.6 is 0 Å². The van der Waals surface area contributed by atoms with E-state index in [0.29, 0.717) is 6.61 Å². The van der Waals surface area contributed by atoms with Crippen LogP contribution in [0.4, 0.5) is 5.69 Å². The number of aromatic amines is 1. The van der Waals surface area contributed by atoms with Gasteiger partial charge in [0, 0.05) is 12.3 Å². The zero-order chi connectivity index (χ0) is 19.5. The van der Waals surface area contributed by atoms with Crippen molar-refractivity contribution < 1.29 is 14.3 Å². The molecule has 146 valence electrons. The van der Waals surface area contributed by atoms with E-state index in [1.807, 2.05) is 44.2 Å². The Bertz CT molecular complexity index is 990. The maximum atomic E-state index is 12.3. The third-order valence-corrected chi connectivity index (χ3v) is 4.94. The van der Waals surface area contributed by atoms with E-state index in [1.54, 1.807) is 0 Å². The second-order valence-corrected chi connectivity index (χ2v) is 7.27. The van der Waals surface area contributed by atoms with E-state index < -0.39 is 0 Å². The van der Waals surface area contributed by atoms with Gasteiger partial charge in [-0.2, -0.15) is 0 Å². The van der Waals surface area contributed by atoms with E-state index >= 15 is 0 Å². The number of amides is 1. The molecule has 0 spiro atoms. The van der Waals surface area contributed by atoms with Gasteiger partial charge in [0.2, 0.25) is 5.91 Å². The van der Waals surface area contributed by atoms with Gasteiger partial charge >= 0.3 is 0 Å².